The van der Waals surface area contributed by atoms with Crippen LogP contribution in [0.4, 0.5) is 5.69 Å². The van der Waals surface area contributed by atoms with Crippen molar-refractivity contribution in [2.24, 2.45) is 5.92 Å². The van der Waals surface area contributed by atoms with E-state index in [-0.39, 0.29) is 21.7 Å². The Labute approximate surface area is 148 Å². The van der Waals surface area contributed by atoms with E-state index in [2.05, 4.69) is 5.32 Å². The molecule has 0 atom stereocenters. The first kappa shape index (κ1) is 17.7. The fraction of sp³-hybridized carbons (Fsp3) is 0.588. The Morgan fingerprint density at radius 1 is 1.08 bits per heavy atom. The third-order valence-electron chi connectivity index (χ3n) is 4.86. The van der Waals surface area contributed by atoms with Crippen molar-refractivity contribution in [1.29, 1.82) is 0 Å². The molecule has 1 heterocycles. The summed E-state index contributed by atoms with van der Waals surface area (Å²) in [5, 5.41) is 3.05. The molecule has 1 aliphatic carbocycles. The first-order chi connectivity index (χ1) is 11.5. The summed E-state index contributed by atoms with van der Waals surface area (Å²) in [6, 6.07) is 4.68. The molecule has 2 aliphatic rings. The molecule has 1 saturated carbocycles. The highest BCUT2D eigenvalue weighted by atomic mass is 35.5. The van der Waals surface area contributed by atoms with Gasteiger partial charge in [-0.05, 0) is 43.9 Å². The van der Waals surface area contributed by atoms with Crippen LogP contribution in [0.1, 0.15) is 44.9 Å². The van der Waals surface area contributed by atoms with E-state index in [0.717, 1.165) is 38.5 Å². The number of halogens is 1. The molecule has 5 nitrogen and oxygen atoms in total. The van der Waals surface area contributed by atoms with Crippen LogP contribution in [-0.2, 0) is 14.8 Å². The maximum atomic E-state index is 12.7. The van der Waals surface area contributed by atoms with Gasteiger partial charge < -0.3 is 5.32 Å². The smallest absolute Gasteiger partial charge is 0.244 e. The molecule has 0 unspecified atom stereocenters. The number of rotatable bonds is 4. The lowest BCUT2D eigenvalue weighted by Gasteiger charge is -2.21. The first-order valence-electron chi connectivity index (χ1n) is 8.59. The third kappa shape index (κ3) is 3.76. The van der Waals surface area contributed by atoms with Crippen molar-refractivity contribution in [1.82, 2.24) is 4.31 Å². The minimum Gasteiger partial charge on any atom is -0.326 e. The number of carbonyl (C=O) groups excluding carboxylic acids is 1. The van der Waals surface area contributed by atoms with Crippen molar-refractivity contribution in [3.63, 3.8) is 0 Å². The van der Waals surface area contributed by atoms with Gasteiger partial charge in [0.2, 0.25) is 15.9 Å². The van der Waals surface area contributed by atoms with E-state index in [1.165, 1.54) is 16.8 Å². The summed E-state index contributed by atoms with van der Waals surface area (Å²) in [7, 11) is -3.60. The highest BCUT2D eigenvalue weighted by molar-refractivity contribution is 7.89. The minimum atomic E-state index is -3.60. The number of hydrogen-bond acceptors (Lipinski definition) is 3. The zero-order valence-corrected chi connectivity index (χ0v) is 15.2. The normalized spacial score (nSPS) is 20.2. The van der Waals surface area contributed by atoms with Gasteiger partial charge in [0, 0.05) is 24.7 Å². The lowest BCUT2D eigenvalue weighted by atomic mass is 9.88. The SMILES string of the molecule is O=C(Nc1ccc(Cl)c(S(=O)(=O)N2CCCC2)c1)C1CCCCC1. The van der Waals surface area contributed by atoms with Crippen molar-refractivity contribution >= 4 is 33.2 Å². The van der Waals surface area contributed by atoms with Crippen molar-refractivity contribution in [3.8, 4) is 0 Å². The number of benzene rings is 1. The fourth-order valence-electron chi connectivity index (χ4n) is 3.46. The molecule has 2 fully saturated rings. The number of anilines is 1. The molecule has 132 valence electrons. The number of hydrogen-bond donors (Lipinski definition) is 1. The molecule has 7 heteroatoms. The standard InChI is InChI=1S/C17H23ClN2O3S/c18-15-9-8-14(19-17(21)13-6-2-1-3-7-13)12-16(15)24(22,23)20-10-4-5-11-20/h8-9,12-13H,1-7,10-11H2,(H,19,21). The molecule has 0 spiro atoms. The van der Waals surface area contributed by atoms with Gasteiger partial charge in [0.1, 0.15) is 4.90 Å². The molecule has 1 amide bonds. The van der Waals surface area contributed by atoms with Gasteiger partial charge in [0.25, 0.3) is 0 Å². The Balaban J connectivity index is 1.79. The molecule has 0 bridgehead atoms. The molecular weight excluding hydrogens is 348 g/mol. The van der Waals surface area contributed by atoms with E-state index < -0.39 is 10.0 Å². The summed E-state index contributed by atoms with van der Waals surface area (Å²) in [6.45, 7) is 1.05. The Bertz CT molecular complexity index is 709. The van der Waals surface area contributed by atoms with Gasteiger partial charge in [-0.15, -0.1) is 0 Å². The summed E-state index contributed by atoms with van der Waals surface area (Å²) < 4.78 is 26.9. The zero-order valence-electron chi connectivity index (χ0n) is 13.6. The van der Waals surface area contributed by atoms with E-state index in [4.69, 9.17) is 11.6 Å². The van der Waals surface area contributed by atoms with Gasteiger partial charge in [-0.2, -0.15) is 4.31 Å². The average molecular weight is 371 g/mol. The van der Waals surface area contributed by atoms with Crippen molar-refractivity contribution in [3.05, 3.63) is 23.2 Å². The summed E-state index contributed by atoms with van der Waals surface area (Å²) in [5.74, 6) is -0.00499. The summed E-state index contributed by atoms with van der Waals surface area (Å²) in [6.07, 6.45) is 6.88. The van der Waals surface area contributed by atoms with Gasteiger partial charge in [-0.1, -0.05) is 30.9 Å². The maximum absolute atomic E-state index is 12.7. The van der Waals surface area contributed by atoms with E-state index in [1.807, 2.05) is 0 Å². The highest BCUT2D eigenvalue weighted by Crippen LogP contribution is 2.30. The molecule has 1 aromatic carbocycles. The molecule has 0 radical (unpaired) electrons. The second-order valence-electron chi connectivity index (χ2n) is 6.58. The lowest BCUT2D eigenvalue weighted by Crippen LogP contribution is -2.28. The van der Waals surface area contributed by atoms with Crippen LogP contribution >= 0.6 is 11.6 Å². The lowest BCUT2D eigenvalue weighted by molar-refractivity contribution is -0.120. The average Bonchev–Trinajstić information content (AvgIpc) is 3.12. The largest absolute Gasteiger partial charge is 0.326 e. The van der Waals surface area contributed by atoms with E-state index in [0.29, 0.717) is 18.8 Å². The molecule has 1 aliphatic heterocycles. The monoisotopic (exact) mass is 370 g/mol. The van der Waals surface area contributed by atoms with Crippen LogP contribution < -0.4 is 5.32 Å². The summed E-state index contributed by atoms with van der Waals surface area (Å²) in [5.41, 5.74) is 0.493. The minimum absolute atomic E-state index is 0.0214. The first-order valence-corrected chi connectivity index (χ1v) is 10.4. The van der Waals surface area contributed by atoms with Crippen LogP contribution in [0.25, 0.3) is 0 Å². The molecule has 1 N–H and O–H groups in total. The second-order valence-corrected chi connectivity index (χ2v) is 8.89. The molecule has 1 aromatic rings. The summed E-state index contributed by atoms with van der Waals surface area (Å²) >= 11 is 6.13. The van der Waals surface area contributed by atoms with E-state index in [1.54, 1.807) is 12.1 Å². The van der Waals surface area contributed by atoms with Crippen molar-refractivity contribution in [2.45, 2.75) is 49.8 Å². The number of amides is 1. The van der Waals surface area contributed by atoms with Gasteiger partial charge in [0.05, 0.1) is 5.02 Å². The van der Waals surface area contributed by atoms with Crippen LogP contribution in [0.5, 0.6) is 0 Å². The van der Waals surface area contributed by atoms with Crippen LogP contribution in [0.15, 0.2) is 23.1 Å². The summed E-state index contributed by atoms with van der Waals surface area (Å²) in [4.78, 5) is 12.4. The number of carbonyl (C=O) groups is 1. The van der Waals surface area contributed by atoms with Gasteiger partial charge in [-0.3, -0.25) is 4.79 Å². The number of sulfonamides is 1. The maximum Gasteiger partial charge on any atom is 0.244 e. The Morgan fingerprint density at radius 3 is 2.42 bits per heavy atom. The van der Waals surface area contributed by atoms with Crippen molar-refractivity contribution < 1.29 is 13.2 Å². The van der Waals surface area contributed by atoms with Gasteiger partial charge in [-0.25, -0.2) is 8.42 Å². The van der Waals surface area contributed by atoms with Gasteiger partial charge in [0.15, 0.2) is 0 Å². The number of nitrogens with zero attached hydrogens (tertiary/aromatic N) is 1. The predicted octanol–water partition coefficient (Wildman–Crippen LogP) is 3.64. The highest BCUT2D eigenvalue weighted by Gasteiger charge is 2.29. The zero-order chi connectivity index (χ0) is 17.2. The molecular formula is C17H23ClN2O3S. The van der Waals surface area contributed by atoms with Crippen LogP contribution in [-0.4, -0.2) is 31.7 Å². The van der Waals surface area contributed by atoms with Gasteiger partial charge >= 0.3 is 0 Å². The van der Waals surface area contributed by atoms with Crippen molar-refractivity contribution in [2.75, 3.05) is 18.4 Å². The molecule has 24 heavy (non-hydrogen) atoms. The van der Waals surface area contributed by atoms with Crippen LogP contribution in [0.2, 0.25) is 5.02 Å². The molecule has 1 saturated heterocycles. The topological polar surface area (TPSA) is 66.5 Å². The molecule has 0 aromatic heterocycles. The predicted molar refractivity (Wildman–Crippen MR) is 94.6 cm³/mol. The fourth-order valence-corrected chi connectivity index (χ4v) is 5.47. The second kappa shape index (κ2) is 7.42. The number of nitrogens with one attached hydrogen (secondary N) is 1. The molecule has 3 rings (SSSR count). The Hall–Kier alpha value is -1.11. The quantitative estimate of drug-likeness (QED) is 0.879. The Kier molecular flexibility index (Phi) is 5.47. The van der Waals surface area contributed by atoms with Crippen LogP contribution in [0.3, 0.4) is 0 Å². The van der Waals surface area contributed by atoms with E-state index in [9.17, 15) is 13.2 Å². The van der Waals surface area contributed by atoms with Crippen LogP contribution in [0, 0.1) is 5.92 Å². The van der Waals surface area contributed by atoms with E-state index >= 15 is 0 Å². The third-order valence-corrected chi connectivity index (χ3v) is 7.24. The Morgan fingerprint density at radius 2 is 1.75 bits per heavy atom.